The highest BCUT2D eigenvalue weighted by Crippen LogP contribution is 2.36. The summed E-state index contributed by atoms with van der Waals surface area (Å²) in [4.78, 5) is 7.92. The highest BCUT2D eigenvalue weighted by molar-refractivity contribution is 6.00. The summed E-state index contributed by atoms with van der Waals surface area (Å²) < 4.78 is 38.5. The normalized spacial score (nSPS) is 12.5. The average Bonchev–Trinajstić information content (AvgIpc) is 2.39. The molecule has 2 rings (SSSR count). The lowest BCUT2D eigenvalue weighted by molar-refractivity contribution is -0.137. The number of aliphatic imine (C=N–C) groups is 1. The van der Waals surface area contributed by atoms with Gasteiger partial charge in [0.2, 0.25) is 0 Å². The largest absolute Gasteiger partial charge is 0.418 e. The van der Waals surface area contributed by atoms with E-state index in [-0.39, 0.29) is 5.69 Å². The van der Waals surface area contributed by atoms with Crippen molar-refractivity contribution in [2.45, 2.75) is 13.1 Å². The number of hydrogen-bond acceptors (Lipinski definition) is 2. The van der Waals surface area contributed by atoms with Crippen LogP contribution in [0.15, 0.2) is 53.8 Å². The van der Waals surface area contributed by atoms with Crippen molar-refractivity contribution in [3.05, 3.63) is 59.9 Å². The van der Waals surface area contributed by atoms with Crippen LogP contribution in [0, 0.1) is 0 Å². The SMILES string of the molecule is C/C(=N\c1ccccc1C(F)(F)F)c1ccncc1. The van der Waals surface area contributed by atoms with Gasteiger partial charge in [0.25, 0.3) is 0 Å². The predicted octanol–water partition coefficient (Wildman–Crippen LogP) is 4.24. The van der Waals surface area contributed by atoms with Crippen molar-refractivity contribution in [1.82, 2.24) is 4.98 Å². The number of pyridine rings is 1. The summed E-state index contributed by atoms with van der Waals surface area (Å²) in [7, 11) is 0. The maximum Gasteiger partial charge on any atom is 0.418 e. The molecule has 0 aliphatic heterocycles. The molecule has 2 aromatic rings. The molecule has 5 heteroatoms. The number of alkyl halides is 3. The van der Waals surface area contributed by atoms with Crippen LogP contribution in [-0.2, 0) is 6.18 Å². The Labute approximate surface area is 108 Å². The highest BCUT2D eigenvalue weighted by Gasteiger charge is 2.33. The molecule has 0 bridgehead atoms. The molecule has 2 nitrogen and oxygen atoms in total. The van der Waals surface area contributed by atoms with Gasteiger partial charge in [-0.2, -0.15) is 13.2 Å². The molecule has 0 radical (unpaired) electrons. The second-order valence-corrected chi connectivity index (χ2v) is 3.95. The highest BCUT2D eigenvalue weighted by atomic mass is 19.4. The molecular formula is C14H11F3N2. The number of rotatable bonds is 2. The summed E-state index contributed by atoms with van der Waals surface area (Å²) in [5.41, 5.74) is 0.443. The van der Waals surface area contributed by atoms with E-state index >= 15 is 0 Å². The number of nitrogens with zero attached hydrogens (tertiary/aromatic N) is 2. The minimum atomic E-state index is -4.40. The van der Waals surface area contributed by atoms with E-state index in [0.29, 0.717) is 5.71 Å². The zero-order chi connectivity index (χ0) is 13.9. The van der Waals surface area contributed by atoms with Gasteiger partial charge in [0, 0.05) is 18.1 Å². The van der Waals surface area contributed by atoms with Crippen LogP contribution in [0.5, 0.6) is 0 Å². The Morgan fingerprint density at radius 1 is 1.05 bits per heavy atom. The zero-order valence-corrected chi connectivity index (χ0v) is 10.1. The van der Waals surface area contributed by atoms with E-state index in [4.69, 9.17) is 0 Å². The van der Waals surface area contributed by atoms with Crippen LogP contribution in [0.4, 0.5) is 18.9 Å². The molecule has 1 aromatic carbocycles. The molecule has 0 aliphatic rings. The zero-order valence-electron chi connectivity index (χ0n) is 10.1. The summed E-state index contributed by atoms with van der Waals surface area (Å²) in [6, 6.07) is 8.67. The van der Waals surface area contributed by atoms with Crippen molar-refractivity contribution < 1.29 is 13.2 Å². The lowest BCUT2D eigenvalue weighted by Gasteiger charge is -2.10. The molecule has 0 atom stereocenters. The third-order valence-electron chi connectivity index (χ3n) is 2.60. The summed E-state index contributed by atoms with van der Waals surface area (Å²) in [6.45, 7) is 1.67. The Bertz CT molecular complexity index is 589. The monoisotopic (exact) mass is 264 g/mol. The van der Waals surface area contributed by atoms with Gasteiger partial charge in [0.15, 0.2) is 0 Å². The number of halogens is 3. The molecule has 1 aromatic heterocycles. The van der Waals surface area contributed by atoms with E-state index in [2.05, 4.69) is 9.98 Å². The Balaban J connectivity index is 2.44. The van der Waals surface area contributed by atoms with Crippen LogP contribution in [0.3, 0.4) is 0 Å². The Morgan fingerprint density at radius 3 is 2.32 bits per heavy atom. The quantitative estimate of drug-likeness (QED) is 0.745. The maximum absolute atomic E-state index is 12.8. The van der Waals surface area contributed by atoms with Crippen LogP contribution in [-0.4, -0.2) is 10.7 Å². The summed E-state index contributed by atoms with van der Waals surface area (Å²) in [5, 5.41) is 0. The fourth-order valence-corrected chi connectivity index (χ4v) is 1.65. The van der Waals surface area contributed by atoms with Crippen molar-refractivity contribution in [1.29, 1.82) is 0 Å². The first-order valence-corrected chi connectivity index (χ1v) is 5.60. The van der Waals surface area contributed by atoms with Crippen molar-refractivity contribution in [2.75, 3.05) is 0 Å². The standard InChI is InChI=1S/C14H11F3N2/c1-10(11-6-8-18-9-7-11)19-13-5-3-2-4-12(13)14(15,16)17/h2-9H,1H3/b19-10+. The smallest absolute Gasteiger partial charge is 0.265 e. The predicted molar refractivity (Wildman–Crippen MR) is 67.6 cm³/mol. The van der Waals surface area contributed by atoms with E-state index in [1.54, 1.807) is 31.5 Å². The van der Waals surface area contributed by atoms with Gasteiger partial charge in [-0.25, -0.2) is 0 Å². The van der Waals surface area contributed by atoms with Gasteiger partial charge in [-0.05, 0) is 36.8 Å². The van der Waals surface area contributed by atoms with E-state index in [1.165, 1.54) is 18.2 Å². The third kappa shape index (κ3) is 3.19. The fraction of sp³-hybridized carbons (Fsp3) is 0.143. The van der Waals surface area contributed by atoms with Gasteiger partial charge < -0.3 is 0 Å². The van der Waals surface area contributed by atoms with E-state index in [0.717, 1.165) is 11.6 Å². The Hall–Kier alpha value is -2.17. The van der Waals surface area contributed by atoms with Gasteiger partial charge in [-0.1, -0.05) is 12.1 Å². The number of aromatic nitrogens is 1. The molecular weight excluding hydrogens is 253 g/mol. The molecule has 0 spiro atoms. The van der Waals surface area contributed by atoms with Gasteiger partial charge in [0.1, 0.15) is 0 Å². The maximum atomic E-state index is 12.8. The van der Waals surface area contributed by atoms with Crippen molar-refractivity contribution in [3.8, 4) is 0 Å². The first kappa shape index (κ1) is 13.3. The van der Waals surface area contributed by atoms with E-state index < -0.39 is 11.7 Å². The fourth-order valence-electron chi connectivity index (χ4n) is 1.65. The van der Waals surface area contributed by atoms with Crippen LogP contribution in [0.1, 0.15) is 18.1 Å². The third-order valence-corrected chi connectivity index (χ3v) is 2.60. The van der Waals surface area contributed by atoms with Crippen LogP contribution in [0.2, 0.25) is 0 Å². The van der Waals surface area contributed by atoms with Gasteiger partial charge >= 0.3 is 6.18 Å². The van der Waals surface area contributed by atoms with Gasteiger partial charge in [-0.3, -0.25) is 9.98 Å². The minimum absolute atomic E-state index is 0.0793. The molecule has 0 amide bonds. The van der Waals surface area contributed by atoms with Crippen molar-refractivity contribution >= 4 is 11.4 Å². The average molecular weight is 264 g/mol. The number of para-hydroxylation sites is 1. The van der Waals surface area contributed by atoms with Crippen molar-refractivity contribution in [2.24, 2.45) is 4.99 Å². The minimum Gasteiger partial charge on any atom is -0.265 e. The van der Waals surface area contributed by atoms with Crippen LogP contribution in [0.25, 0.3) is 0 Å². The molecule has 0 fully saturated rings. The first-order valence-electron chi connectivity index (χ1n) is 5.60. The van der Waals surface area contributed by atoms with Gasteiger partial charge in [-0.15, -0.1) is 0 Å². The Morgan fingerprint density at radius 2 is 1.68 bits per heavy atom. The molecule has 0 saturated carbocycles. The second kappa shape index (κ2) is 5.22. The topological polar surface area (TPSA) is 25.2 Å². The molecule has 19 heavy (non-hydrogen) atoms. The number of hydrogen-bond donors (Lipinski definition) is 0. The first-order chi connectivity index (χ1) is 8.98. The molecule has 1 heterocycles. The molecule has 0 N–H and O–H groups in total. The van der Waals surface area contributed by atoms with Gasteiger partial charge in [0.05, 0.1) is 11.3 Å². The van der Waals surface area contributed by atoms with E-state index in [1.807, 2.05) is 0 Å². The number of benzene rings is 1. The van der Waals surface area contributed by atoms with E-state index in [9.17, 15) is 13.2 Å². The molecule has 0 aliphatic carbocycles. The molecule has 0 unspecified atom stereocenters. The van der Waals surface area contributed by atoms with Crippen LogP contribution < -0.4 is 0 Å². The lowest BCUT2D eigenvalue weighted by Crippen LogP contribution is -2.05. The second-order valence-electron chi connectivity index (χ2n) is 3.95. The van der Waals surface area contributed by atoms with Crippen molar-refractivity contribution in [3.63, 3.8) is 0 Å². The Kier molecular flexibility index (Phi) is 3.64. The summed E-state index contributed by atoms with van der Waals surface area (Å²) in [5.74, 6) is 0. The summed E-state index contributed by atoms with van der Waals surface area (Å²) in [6.07, 6.45) is -1.26. The molecule has 0 saturated heterocycles. The molecule has 98 valence electrons. The van der Waals surface area contributed by atoms with Crippen LogP contribution >= 0.6 is 0 Å². The lowest BCUT2D eigenvalue weighted by atomic mass is 10.1. The summed E-state index contributed by atoms with van der Waals surface area (Å²) >= 11 is 0.